The summed E-state index contributed by atoms with van der Waals surface area (Å²) < 4.78 is 0. The van der Waals surface area contributed by atoms with Gasteiger partial charge in [0, 0.05) is 32.6 Å². The van der Waals surface area contributed by atoms with E-state index in [-0.39, 0.29) is 12.5 Å². The average molecular weight is 235 g/mol. The summed E-state index contributed by atoms with van der Waals surface area (Å²) in [5.41, 5.74) is 1.62. The van der Waals surface area contributed by atoms with Gasteiger partial charge in [0.15, 0.2) is 0 Å². The van der Waals surface area contributed by atoms with Crippen LogP contribution in [0.3, 0.4) is 0 Å². The minimum absolute atomic E-state index is 0.0338. The van der Waals surface area contributed by atoms with Crippen LogP contribution in [0.4, 0.5) is 0 Å². The Morgan fingerprint density at radius 1 is 1.35 bits per heavy atom. The maximum absolute atomic E-state index is 11.2. The molecule has 17 heavy (non-hydrogen) atoms. The maximum Gasteiger partial charge on any atom is 0.221 e. The zero-order chi connectivity index (χ0) is 12.1. The molecule has 92 valence electrons. The molecule has 0 atom stereocenters. The Bertz CT molecular complexity index is 395. The van der Waals surface area contributed by atoms with Gasteiger partial charge in [0.05, 0.1) is 18.0 Å². The summed E-state index contributed by atoms with van der Waals surface area (Å²) in [6.07, 6.45) is 0.541. The van der Waals surface area contributed by atoms with Crippen LogP contribution in [0.15, 0.2) is 18.2 Å². The van der Waals surface area contributed by atoms with E-state index < -0.39 is 0 Å². The van der Waals surface area contributed by atoms with Crippen LogP contribution in [0.1, 0.15) is 17.8 Å². The number of nitrogens with zero attached hydrogens (tertiary/aromatic N) is 2. The van der Waals surface area contributed by atoms with Crippen molar-refractivity contribution in [1.29, 1.82) is 0 Å². The topological polar surface area (TPSA) is 65.5 Å². The van der Waals surface area contributed by atoms with Crippen molar-refractivity contribution in [3.63, 3.8) is 0 Å². The molecule has 1 fully saturated rings. The number of aliphatic hydroxyl groups excluding tert-OH is 1. The lowest BCUT2D eigenvalue weighted by molar-refractivity contribution is -0.120. The first-order valence-electron chi connectivity index (χ1n) is 5.82. The smallest absolute Gasteiger partial charge is 0.221 e. The molecule has 1 saturated heterocycles. The van der Waals surface area contributed by atoms with Gasteiger partial charge in [0.2, 0.25) is 5.91 Å². The Hall–Kier alpha value is -1.46. The molecule has 2 N–H and O–H groups in total. The SMILES string of the molecule is O=C1CCN(Cc2cccc(CO)n2)CCN1. The number of hydrogen-bond donors (Lipinski definition) is 2. The molecule has 0 radical (unpaired) electrons. The lowest BCUT2D eigenvalue weighted by Gasteiger charge is -2.18. The largest absolute Gasteiger partial charge is 0.390 e. The molecule has 2 rings (SSSR count). The zero-order valence-corrected chi connectivity index (χ0v) is 9.72. The van der Waals surface area contributed by atoms with Crippen LogP contribution in [0.25, 0.3) is 0 Å². The van der Waals surface area contributed by atoms with Gasteiger partial charge in [0.25, 0.3) is 0 Å². The zero-order valence-electron chi connectivity index (χ0n) is 9.72. The van der Waals surface area contributed by atoms with Gasteiger partial charge in [-0.2, -0.15) is 0 Å². The number of carbonyl (C=O) groups is 1. The van der Waals surface area contributed by atoms with Crippen LogP contribution in [0.2, 0.25) is 0 Å². The normalized spacial score (nSPS) is 17.6. The molecule has 0 aliphatic carbocycles. The van der Waals surface area contributed by atoms with Crippen LogP contribution in [-0.4, -0.2) is 40.5 Å². The molecule has 1 aliphatic rings. The van der Waals surface area contributed by atoms with Gasteiger partial charge >= 0.3 is 0 Å². The highest BCUT2D eigenvalue weighted by molar-refractivity contribution is 5.76. The minimum atomic E-state index is -0.0338. The fourth-order valence-corrected chi connectivity index (χ4v) is 1.91. The number of aromatic nitrogens is 1. The summed E-state index contributed by atoms with van der Waals surface area (Å²) in [7, 11) is 0. The number of aliphatic hydroxyl groups is 1. The second-order valence-electron chi connectivity index (χ2n) is 4.15. The summed E-state index contributed by atoms with van der Waals surface area (Å²) in [5.74, 6) is 0.115. The minimum Gasteiger partial charge on any atom is -0.390 e. The number of amides is 1. The van der Waals surface area contributed by atoms with Gasteiger partial charge in [-0.15, -0.1) is 0 Å². The van der Waals surface area contributed by atoms with Crippen molar-refractivity contribution in [3.8, 4) is 0 Å². The summed E-state index contributed by atoms with van der Waals surface area (Å²) in [4.78, 5) is 17.7. The van der Waals surface area contributed by atoms with Crippen LogP contribution >= 0.6 is 0 Å². The van der Waals surface area contributed by atoms with Crippen molar-refractivity contribution in [2.24, 2.45) is 0 Å². The molecule has 1 aromatic heterocycles. The molecule has 1 aromatic rings. The van der Waals surface area contributed by atoms with E-state index in [9.17, 15) is 4.79 Å². The first-order valence-corrected chi connectivity index (χ1v) is 5.82. The highest BCUT2D eigenvalue weighted by Crippen LogP contribution is 2.05. The van der Waals surface area contributed by atoms with E-state index in [1.54, 1.807) is 6.07 Å². The highest BCUT2D eigenvalue weighted by atomic mass is 16.3. The van der Waals surface area contributed by atoms with Crippen molar-refractivity contribution in [2.75, 3.05) is 19.6 Å². The monoisotopic (exact) mass is 235 g/mol. The van der Waals surface area contributed by atoms with Crippen molar-refractivity contribution in [1.82, 2.24) is 15.2 Å². The number of hydrogen-bond acceptors (Lipinski definition) is 4. The number of pyridine rings is 1. The Labute approximate surface area is 100 Å². The summed E-state index contributed by atoms with van der Waals surface area (Å²) in [6.45, 7) is 2.99. The molecule has 5 nitrogen and oxygen atoms in total. The lowest BCUT2D eigenvalue weighted by Crippen LogP contribution is -2.28. The van der Waals surface area contributed by atoms with Gasteiger partial charge in [0.1, 0.15) is 0 Å². The highest BCUT2D eigenvalue weighted by Gasteiger charge is 2.13. The molecular weight excluding hydrogens is 218 g/mol. The molecule has 2 heterocycles. The van der Waals surface area contributed by atoms with Crippen molar-refractivity contribution in [2.45, 2.75) is 19.6 Å². The van der Waals surface area contributed by atoms with E-state index in [2.05, 4.69) is 15.2 Å². The Morgan fingerprint density at radius 2 is 2.18 bits per heavy atom. The standard InChI is InChI=1S/C12H17N3O2/c16-9-11-3-1-2-10(14-11)8-15-6-4-12(17)13-5-7-15/h1-3,16H,4-9H2,(H,13,17). The van der Waals surface area contributed by atoms with Gasteiger partial charge in [-0.3, -0.25) is 14.7 Å². The summed E-state index contributed by atoms with van der Waals surface area (Å²) >= 11 is 0. The third kappa shape index (κ3) is 3.51. The van der Waals surface area contributed by atoms with Crippen LogP contribution < -0.4 is 5.32 Å². The maximum atomic E-state index is 11.2. The van der Waals surface area contributed by atoms with E-state index in [4.69, 9.17) is 5.11 Å². The molecule has 1 aliphatic heterocycles. The molecular formula is C12H17N3O2. The number of rotatable bonds is 3. The number of carbonyl (C=O) groups excluding carboxylic acids is 1. The van der Waals surface area contributed by atoms with Crippen LogP contribution in [0, 0.1) is 0 Å². The predicted molar refractivity (Wildman–Crippen MR) is 63.1 cm³/mol. The van der Waals surface area contributed by atoms with Crippen LogP contribution in [0.5, 0.6) is 0 Å². The molecule has 0 bridgehead atoms. The molecule has 0 saturated carbocycles. The number of nitrogens with one attached hydrogen (secondary N) is 1. The Balaban J connectivity index is 1.97. The van der Waals surface area contributed by atoms with Crippen molar-refractivity contribution < 1.29 is 9.90 Å². The first kappa shape index (κ1) is 12.0. The van der Waals surface area contributed by atoms with E-state index in [1.807, 2.05) is 12.1 Å². The third-order valence-electron chi connectivity index (χ3n) is 2.82. The molecule has 0 spiro atoms. The van der Waals surface area contributed by atoms with Gasteiger partial charge < -0.3 is 10.4 Å². The van der Waals surface area contributed by atoms with Crippen molar-refractivity contribution >= 4 is 5.91 Å². The third-order valence-corrected chi connectivity index (χ3v) is 2.82. The predicted octanol–water partition coefficient (Wildman–Crippen LogP) is -0.104. The Morgan fingerprint density at radius 3 is 3.00 bits per heavy atom. The van der Waals surface area contributed by atoms with E-state index in [0.29, 0.717) is 18.7 Å². The first-order chi connectivity index (χ1) is 8.28. The summed E-state index contributed by atoms with van der Waals surface area (Å²) in [6, 6.07) is 5.64. The lowest BCUT2D eigenvalue weighted by atomic mass is 10.3. The molecule has 0 unspecified atom stereocenters. The average Bonchev–Trinajstić information content (AvgIpc) is 2.55. The quantitative estimate of drug-likeness (QED) is 0.767. The van der Waals surface area contributed by atoms with E-state index in [0.717, 1.165) is 25.3 Å². The second-order valence-corrected chi connectivity index (χ2v) is 4.15. The fourth-order valence-electron chi connectivity index (χ4n) is 1.91. The van der Waals surface area contributed by atoms with E-state index in [1.165, 1.54) is 0 Å². The van der Waals surface area contributed by atoms with Crippen molar-refractivity contribution in [3.05, 3.63) is 29.6 Å². The molecule has 1 amide bonds. The fraction of sp³-hybridized carbons (Fsp3) is 0.500. The van der Waals surface area contributed by atoms with Gasteiger partial charge in [-0.1, -0.05) is 6.07 Å². The summed E-state index contributed by atoms with van der Waals surface area (Å²) in [5, 5.41) is 11.9. The molecule has 5 heteroatoms. The Kier molecular flexibility index (Phi) is 4.06. The van der Waals surface area contributed by atoms with E-state index >= 15 is 0 Å². The van der Waals surface area contributed by atoms with Crippen LogP contribution in [-0.2, 0) is 17.9 Å². The second kappa shape index (κ2) is 5.75. The molecule has 0 aromatic carbocycles. The van der Waals surface area contributed by atoms with Gasteiger partial charge in [-0.05, 0) is 12.1 Å². The van der Waals surface area contributed by atoms with Gasteiger partial charge in [-0.25, -0.2) is 0 Å².